The fourth-order valence-corrected chi connectivity index (χ4v) is 1.46. The van der Waals surface area contributed by atoms with Crippen molar-refractivity contribution in [3.8, 4) is 11.8 Å². The highest BCUT2D eigenvalue weighted by molar-refractivity contribution is 6.04. The summed E-state index contributed by atoms with van der Waals surface area (Å²) in [5.74, 6) is -0.925. The van der Waals surface area contributed by atoms with Crippen LogP contribution in [0.4, 0.5) is 19.0 Å². The first-order chi connectivity index (χ1) is 9.89. The summed E-state index contributed by atoms with van der Waals surface area (Å²) in [5, 5.41) is 17.1. The van der Waals surface area contributed by atoms with E-state index in [4.69, 9.17) is 5.26 Å². The summed E-state index contributed by atoms with van der Waals surface area (Å²) in [6, 6.07) is 6.17. The van der Waals surface area contributed by atoms with Crippen LogP contribution in [0.15, 0.2) is 30.5 Å². The van der Waals surface area contributed by atoms with E-state index in [9.17, 15) is 18.0 Å². The first kappa shape index (κ1) is 14.4. The van der Waals surface area contributed by atoms with Crippen molar-refractivity contribution in [2.24, 2.45) is 0 Å². The van der Waals surface area contributed by atoms with E-state index in [0.717, 1.165) is 12.1 Å². The molecule has 9 heteroatoms. The highest BCUT2D eigenvalue weighted by Gasteiger charge is 2.31. The number of amides is 1. The van der Waals surface area contributed by atoms with Crippen LogP contribution in [0.5, 0.6) is 5.75 Å². The molecule has 0 unspecified atom stereocenters. The number of nitrogens with zero attached hydrogens (tertiary/aromatic N) is 2. The number of anilines is 1. The molecule has 1 aromatic carbocycles. The molecular formula is C12H7F3N4O2. The molecule has 1 heterocycles. The van der Waals surface area contributed by atoms with Crippen LogP contribution >= 0.6 is 0 Å². The summed E-state index contributed by atoms with van der Waals surface area (Å²) in [6.45, 7) is 0. The Labute approximate surface area is 116 Å². The Balaban J connectivity index is 2.09. The van der Waals surface area contributed by atoms with Gasteiger partial charge in [-0.05, 0) is 24.3 Å². The van der Waals surface area contributed by atoms with Crippen molar-refractivity contribution in [2.75, 3.05) is 5.32 Å². The van der Waals surface area contributed by atoms with Gasteiger partial charge in [0.2, 0.25) is 0 Å². The SMILES string of the molecule is N#Cc1cn[nH]c1NC(=O)c1ccc(OC(F)(F)F)cc1. The van der Waals surface area contributed by atoms with Gasteiger partial charge >= 0.3 is 6.36 Å². The highest BCUT2D eigenvalue weighted by atomic mass is 19.4. The molecule has 0 fully saturated rings. The maximum absolute atomic E-state index is 12.0. The lowest BCUT2D eigenvalue weighted by atomic mass is 10.2. The molecule has 0 aliphatic rings. The van der Waals surface area contributed by atoms with Crippen molar-refractivity contribution < 1.29 is 22.7 Å². The molecule has 0 saturated heterocycles. The number of aromatic amines is 1. The first-order valence-electron chi connectivity index (χ1n) is 5.49. The van der Waals surface area contributed by atoms with E-state index >= 15 is 0 Å². The van der Waals surface area contributed by atoms with Crippen LogP contribution < -0.4 is 10.1 Å². The van der Waals surface area contributed by atoms with Crippen molar-refractivity contribution >= 4 is 11.7 Å². The Kier molecular flexibility index (Phi) is 3.80. The lowest BCUT2D eigenvalue weighted by Crippen LogP contribution is -2.17. The Morgan fingerprint density at radius 3 is 2.57 bits per heavy atom. The van der Waals surface area contributed by atoms with Gasteiger partial charge < -0.3 is 10.1 Å². The Morgan fingerprint density at radius 1 is 1.33 bits per heavy atom. The number of rotatable bonds is 3. The molecule has 21 heavy (non-hydrogen) atoms. The summed E-state index contributed by atoms with van der Waals surface area (Å²) in [4.78, 5) is 11.8. The monoisotopic (exact) mass is 296 g/mol. The van der Waals surface area contributed by atoms with Crippen LogP contribution in [0, 0.1) is 11.3 Å². The second-order valence-corrected chi connectivity index (χ2v) is 3.80. The molecule has 0 aliphatic carbocycles. The fourth-order valence-electron chi connectivity index (χ4n) is 1.46. The molecule has 2 aromatic rings. The topological polar surface area (TPSA) is 90.8 Å². The maximum Gasteiger partial charge on any atom is 0.573 e. The number of H-pyrrole nitrogens is 1. The molecule has 108 valence electrons. The van der Waals surface area contributed by atoms with Crippen LogP contribution in [0.3, 0.4) is 0 Å². The quantitative estimate of drug-likeness (QED) is 0.910. The zero-order valence-electron chi connectivity index (χ0n) is 10.2. The van der Waals surface area contributed by atoms with Crippen LogP contribution in [0.1, 0.15) is 15.9 Å². The third-order valence-electron chi connectivity index (χ3n) is 2.35. The normalized spacial score (nSPS) is 10.8. The largest absolute Gasteiger partial charge is 0.573 e. The molecule has 0 radical (unpaired) electrons. The Bertz CT molecular complexity index is 686. The third kappa shape index (κ3) is 3.73. The summed E-state index contributed by atoms with van der Waals surface area (Å²) < 4.78 is 39.7. The molecule has 0 bridgehead atoms. The van der Waals surface area contributed by atoms with Crippen molar-refractivity contribution in [2.45, 2.75) is 6.36 Å². The van der Waals surface area contributed by atoms with Gasteiger partial charge in [-0.2, -0.15) is 10.4 Å². The number of halogens is 3. The molecule has 2 rings (SSSR count). The lowest BCUT2D eigenvalue weighted by Gasteiger charge is -2.09. The predicted octanol–water partition coefficient (Wildman–Crippen LogP) is 2.43. The number of ether oxygens (including phenoxy) is 1. The van der Waals surface area contributed by atoms with Crippen LogP contribution in [0.2, 0.25) is 0 Å². The number of alkyl halides is 3. The van der Waals surface area contributed by atoms with Gasteiger partial charge in [-0.15, -0.1) is 13.2 Å². The number of aromatic nitrogens is 2. The van der Waals surface area contributed by atoms with E-state index in [-0.39, 0.29) is 16.9 Å². The van der Waals surface area contributed by atoms with E-state index in [1.165, 1.54) is 18.3 Å². The number of hydrogen-bond donors (Lipinski definition) is 2. The smallest absolute Gasteiger partial charge is 0.406 e. The number of carbonyl (C=O) groups excluding carboxylic acids is 1. The predicted molar refractivity (Wildman–Crippen MR) is 64.4 cm³/mol. The highest BCUT2D eigenvalue weighted by Crippen LogP contribution is 2.23. The van der Waals surface area contributed by atoms with Gasteiger partial charge in [-0.25, -0.2) is 0 Å². The standard InChI is InChI=1S/C12H7F3N4O2/c13-12(14,15)21-9-3-1-7(2-4-9)11(20)18-10-8(5-16)6-17-19-10/h1-4,6H,(H2,17,18,19,20). The third-order valence-corrected chi connectivity index (χ3v) is 2.35. The zero-order valence-corrected chi connectivity index (χ0v) is 10.2. The first-order valence-corrected chi connectivity index (χ1v) is 5.49. The molecule has 0 saturated carbocycles. The Hall–Kier alpha value is -3.02. The minimum atomic E-state index is -4.79. The second kappa shape index (κ2) is 5.54. The van der Waals surface area contributed by atoms with Crippen molar-refractivity contribution in [3.63, 3.8) is 0 Å². The van der Waals surface area contributed by atoms with Gasteiger partial charge in [0.15, 0.2) is 0 Å². The summed E-state index contributed by atoms with van der Waals surface area (Å²) in [6.07, 6.45) is -3.56. The van der Waals surface area contributed by atoms with E-state index in [0.29, 0.717) is 0 Å². The summed E-state index contributed by atoms with van der Waals surface area (Å²) >= 11 is 0. The average Bonchev–Trinajstić information content (AvgIpc) is 2.85. The lowest BCUT2D eigenvalue weighted by molar-refractivity contribution is -0.274. The minimum absolute atomic E-state index is 0.100. The van der Waals surface area contributed by atoms with E-state index in [2.05, 4.69) is 20.3 Å². The number of nitriles is 1. The summed E-state index contributed by atoms with van der Waals surface area (Å²) in [5.41, 5.74) is 0.239. The molecule has 6 nitrogen and oxygen atoms in total. The van der Waals surface area contributed by atoms with Gasteiger partial charge in [0, 0.05) is 5.56 Å². The van der Waals surface area contributed by atoms with Crippen LogP contribution in [0.25, 0.3) is 0 Å². The number of benzene rings is 1. The van der Waals surface area contributed by atoms with E-state index in [1.54, 1.807) is 0 Å². The van der Waals surface area contributed by atoms with Gasteiger partial charge in [0.1, 0.15) is 23.2 Å². The van der Waals surface area contributed by atoms with Crippen molar-refractivity contribution in [3.05, 3.63) is 41.6 Å². The molecule has 1 amide bonds. The second-order valence-electron chi connectivity index (χ2n) is 3.80. The molecule has 1 aromatic heterocycles. The zero-order chi connectivity index (χ0) is 15.5. The van der Waals surface area contributed by atoms with Gasteiger partial charge in [-0.3, -0.25) is 9.89 Å². The van der Waals surface area contributed by atoms with Crippen molar-refractivity contribution in [1.82, 2.24) is 10.2 Å². The number of carbonyl (C=O) groups is 1. The van der Waals surface area contributed by atoms with E-state index in [1.807, 2.05) is 6.07 Å². The number of hydrogen-bond acceptors (Lipinski definition) is 4. The molecule has 0 spiro atoms. The molecule has 0 aliphatic heterocycles. The fraction of sp³-hybridized carbons (Fsp3) is 0.0833. The summed E-state index contributed by atoms with van der Waals surface area (Å²) in [7, 11) is 0. The van der Waals surface area contributed by atoms with Gasteiger partial charge in [-0.1, -0.05) is 0 Å². The van der Waals surface area contributed by atoms with Crippen molar-refractivity contribution in [1.29, 1.82) is 5.26 Å². The van der Waals surface area contributed by atoms with Crippen LogP contribution in [-0.4, -0.2) is 22.5 Å². The molecule has 2 N–H and O–H groups in total. The van der Waals surface area contributed by atoms with E-state index < -0.39 is 18.0 Å². The number of nitrogens with one attached hydrogen (secondary N) is 2. The van der Waals surface area contributed by atoms with Crippen LogP contribution in [-0.2, 0) is 0 Å². The molecular weight excluding hydrogens is 289 g/mol. The average molecular weight is 296 g/mol. The molecule has 0 atom stereocenters. The Morgan fingerprint density at radius 2 is 2.00 bits per heavy atom. The van der Waals surface area contributed by atoms with Gasteiger partial charge in [0.25, 0.3) is 5.91 Å². The minimum Gasteiger partial charge on any atom is -0.406 e. The maximum atomic E-state index is 12.0. The van der Waals surface area contributed by atoms with Gasteiger partial charge in [0.05, 0.1) is 6.20 Å².